The Morgan fingerprint density at radius 2 is 2.05 bits per heavy atom. The van der Waals surface area contributed by atoms with E-state index in [1.165, 1.54) is 6.08 Å². The summed E-state index contributed by atoms with van der Waals surface area (Å²) in [6, 6.07) is 7.74. The number of nitrogens with two attached hydrogens (primary N) is 1. The molecule has 0 aliphatic heterocycles. The number of amidine groups is 1. The Morgan fingerprint density at radius 3 is 2.67 bits per heavy atom. The van der Waals surface area contributed by atoms with Crippen LogP contribution in [-0.2, 0) is 6.42 Å². The van der Waals surface area contributed by atoms with E-state index >= 15 is 0 Å². The average molecular weight is 291 g/mol. The van der Waals surface area contributed by atoms with Crippen LogP contribution in [0, 0.1) is 0 Å². The molecule has 1 aromatic rings. The molecule has 0 bridgehead atoms. The maximum absolute atomic E-state index is 10.1. The zero-order valence-corrected chi connectivity index (χ0v) is 12.9. The minimum Gasteiger partial charge on any atom is -0.409 e. The van der Waals surface area contributed by atoms with Gasteiger partial charge in [-0.2, -0.15) is 0 Å². The highest BCUT2D eigenvalue weighted by molar-refractivity contribution is 5.94. The summed E-state index contributed by atoms with van der Waals surface area (Å²) in [6.07, 6.45) is 3.37. The molecule has 0 radical (unpaired) electrons. The first-order chi connectivity index (χ1) is 9.81. The molecule has 0 saturated carbocycles. The van der Waals surface area contributed by atoms with Crippen molar-refractivity contribution in [2.24, 2.45) is 10.9 Å². The largest absolute Gasteiger partial charge is 0.409 e. The maximum atomic E-state index is 10.1. The number of hydrogen-bond acceptors (Lipinski definition) is 4. The number of nitrogens with one attached hydrogen (secondary N) is 1. The van der Waals surface area contributed by atoms with Crippen molar-refractivity contribution in [2.45, 2.75) is 38.8 Å². The van der Waals surface area contributed by atoms with Gasteiger partial charge in [0.05, 0.1) is 6.10 Å². The van der Waals surface area contributed by atoms with Crippen molar-refractivity contribution in [1.82, 2.24) is 5.32 Å². The van der Waals surface area contributed by atoms with Gasteiger partial charge < -0.3 is 21.4 Å². The third-order valence-corrected chi connectivity index (χ3v) is 2.93. The Balaban J connectivity index is 2.73. The molecule has 0 aliphatic carbocycles. The number of oxime groups is 1. The summed E-state index contributed by atoms with van der Waals surface area (Å²) in [5.41, 5.74) is 7.36. The Labute approximate surface area is 126 Å². The van der Waals surface area contributed by atoms with Gasteiger partial charge in [0, 0.05) is 18.5 Å². The minimum absolute atomic E-state index is 0.0214. The first-order valence-electron chi connectivity index (χ1n) is 6.98. The first-order valence-corrected chi connectivity index (χ1v) is 6.98. The monoisotopic (exact) mass is 291 g/mol. The molecular weight excluding hydrogens is 266 g/mol. The standard InChI is InChI=1S/C16H25N3O2/c1-16(2,3)18-11-14(20)10-13-7-5-4-6-12(13)8-9-15(17)19-21/h4-9,14,18,20-21H,10-11H2,1-3H3,(H2,17,19). The molecule has 0 aromatic heterocycles. The SMILES string of the molecule is CC(C)(C)NCC(O)Cc1ccccc1C=CC(N)=NO. The van der Waals surface area contributed by atoms with E-state index in [1.807, 2.05) is 24.3 Å². The second-order valence-electron chi connectivity index (χ2n) is 6.05. The minimum atomic E-state index is -0.470. The first kappa shape index (κ1) is 17.2. The topological polar surface area (TPSA) is 90.9 Å². The number of nitrogens with zero attached hydrogens (tertiary/aromatic N) is 1. The predicted octanol–water partition coefficient (Wildman–Crippen LogP) is 1.74. The molecular formula is C16H25N3O2. The van der Waals surface area contributed by atoms with Crippen molar-refractivity contribution in [2.75, 3.05) is 6.54 Å². The van der Waals surface area contributed by atoms with Gasteiger partial charge in [-0.1, -0.05) is 35.5 Å². The molecule has 0 aliphatic rings. The number of aliphatic hydroxyl groups is 1. The number of rotatable bonds is 6. The van der Waals surface area contributed by atoms with Crippen LogP contribution in [0.1, 0.15) is 31.9 Å². The van der Waals surface area contributed by atoms with E-state index in [9.17, 15) is 5.11 Å². The van der Waals surface area contributed by atoms with E-state index < -0.39 is 6.10 Å². The van der Waals surface area contributed by atoms with Crippen molar-refractivity contribution in [1.29, 1.82) is 0 Å². The molecule has 0 saturated heterocycles. The van der Waals surface area contributed by atoms with Gasteiger partial charge in [0.2, 0.25) is 0 Å². The van der Waals surface area contributed by atoms with Gasteiger partial charge in [0.25, 0.3) is 0 Å². The Hall–Kier alpha value is -1.85. The highest BCUT2D eigenvalue weighted by atomic mass is 16.4. The van der Waals surface area contributed by atoms with Crippen LogP contribution in [0.25, 0.3) is 6.08 Å². The van der Waals surface area contributed by atoms with Gasteiger partial charge in [0.1, 0.15) is 0 Å². The van der Waals surface area contributed by atoms with Crippen molar-refractivity contribution < 1.29 is 10.3 Å². The second kappa shape index (κ2) is 7.81. The molecule has 1 atom stereocenters. The van der Waals surface area contributed by atoms with Crippen LogP contribution in [-0.4, -0.2) is 34.3 Å². The van der Waals surface area contributed by atoms with Crippen molar-refractivity contribution >= 4 is 11.9 Å². The zero-order chi connectivity index (χ0) is 15.9. The van der Waals surface area contributed by atoms with Crippen molar-refractivity contribution in [3.8, 4) is 0 Å². The molecule has 0 amide bonds. The third-order valence-electron chi connectivity index (χ3n) is 2.93. The summed E-state index contributed by atoms with van der Waals surface area (Å²) < 4.78 is 0. The molecule has 1 unspecified atom stereocenters. The lowest BCUT2D eigenvalue weighted by molar-refractivity contribution is 0.161. The summed E-state index contributed by atoms with van der Waals surface area (Å²) in [5, 5.41) is 24.9. The van der Waals surface area contributed by atoms with Gasteiger partial charge in [-0.3, -0.25) is 0 Å². The summed E-state index contributed by atoms with van der Waals surface area (Å²) in [5.74, 6) is 0.0414. The average Bonchev–Trinajstić information content (AvgIpc) is 2.43. The summed E-state index contributed by atoms with van der Waals surface area (Å²) in [4.78, 5) is 0. The number of hydrogen-bond donors (Lipinski definition) is 4. The van der Waals surface area contributed by atoms with Gasteiger partial charge in [-0.25, -0.2) is 0 Å². The number of β-amino-alcohol motifs (C(OH)–C–C–N with tert-alkyl or cyclic N) is 1. The van der Waals surface area contributed by atoms with E-state index in [2.05, 4.69) is 31.2 Å². The molecule has 21 heavy (non-hydrogen) atoms. The van der Waals surface area contributed by atoms with E-state index in [0.29, 0.717) is 13.0 Å². The third kappa shape index (κ3) is 6.92. The lowest BCUT2D eigenvalue weighted by Gasteiger charge is -2.23. The van der Waals surface area contributed by atoms with Gasteiger partial charge in [0.15, 0.2) is 5.84 Å². The quantitative estimate of drug-likeness (QED) is 0.278. The fraction of sp³-hybridized carbons (Fsp3) is 0.438. The second-order valence-corrected chi connectivity index (χ2v) is 6.05. The van der Waals surface area contributed by atoms with Crippen LogP contribution in [0.15, 0.2) is 35.5 Å². The molecule has 5 nitrogen and oxygen atoms in total. The normalized spacial score (nSPS) is 14.6. The Kier molecular flexibility index (Phi) is 6.39. The summed E-state index contributed by atoms with van der Waals surface area (Å²) in [6.45, 7) is 6.72. The molecule has 0 fully saturated rings. The number of aliphatic hydroxyl groups excluding tert-OH is 1. The summed E-state index contributed by atoms with van der Waals surface area (Å²) in [7, 11) is 0. The maximum Gasteiger partial charge on any atom is 0.162 e. The number of benzene rings is 1. The van der Waals surface area contributed by atoms with E-state index in [4.69, 9.17) is 10.9 Å². The van der Waals surface area contributed by atoms with E-state index in [0.717, 1.165) is 11.1 Å². The molecule has 0 heterocycles. The lowest BCUT2D eigenvalue weighted by atomic mass is 10.0. The molecule has 1 aromatic carbocycles. The highest BCUT2D eigenvalue weighted by Crippen LogP contribution is 2.13. The van der Waals surface area contributed by atoms with Crippen LogP contribution in [0.3, 0.4) is 0 Å². The fourth-order valence-corrected chi connectivity index (χ4v) is 1.84. The molecule has 1 rings (SSSR count). The fourth-order valence-electron chi connectivity index (χ4n) is 1.84. The van der Waals surface area contributed by atoms with E-state index in [-0.39, 0.29) is 11.4 Å². The van der Waals surface area contributed by atoms with Crippen LogP contribution >= 0.6 is 0 Å². The summed E-state index contributed by atoms with van der Waals surface area (Å²) >= 11 is 0. The van der Waals surface area contributed by atoms with E-state index in [1.54, 1.807) is 6.08 Å². The van der Waals surface area contributed by atoms with Crippen molar-refractivity contribution in [3.63, 3.8) is 0 Å². The molecule has 0 spiro atoms. The van der Waals surface area contributed by atoms with Crippen LogP contribution in [0.5, 0.6) is 0 Å². The smallest absolute Gasteiger partial charge is 0.162 e. The van der Waals surface area contributed by atoms with Gasteiger partial charge >= 0.3 is 0 Å². The van der Waals surface area contributed by atoms with Gasteiger partial charge in [-0.15, -0.1) is 0 Å². The molecule has 5 N–H and O–H groups in total. The zero-order valence-electron chi connectivity index (χ0n) is 12.9. The van der Waals surface area contributed by atoms with Gasteiger partial charge in [-0.05, 0) is 38.0 Å². The van der Waals surface area contributed by atoms with Crippen molar-refractivity contribution in [3.05, 3.63) is 41.5 Å². The predicted molar refractivity (Wildman–Crippen MR) is 86.4 cm³/mol. The molecule has 116 valence electrons. The molecule has 5 heteroatoms. The Morgan fingerprint density at radius 1 is 1.38 bits per heavy atom. The van der Waals surface area contributed by atoms with Crippen LogP contribution < -0.4 is 11.1 Å². The highest BCUT2D eigenvalue weighted by Gasteiger charge is 2.13. The lowest BCUT2D eigenvalue weighted by Crippen LogP contribution is -2.41. The van der Waals surface area contributed by atoms with Crippen LogP contribution in [0.2, 0.25) is 0 Å². The Bertz CT molecular complexity index is 504. The van der Waals surface area contributed by atoms with Crippen LogP contribution in [0.4, 0.5) is 0 Å².